The van der Waals surface area contributed by atoms with Crippen molar-refractivity contribution in [3.63, 3.8) is 0 Å². The van der Waals surface area contributed by atoms with Crippen LogP contribution in [0.3, 0.4) is 0 Å². The van der Waals surface area contributed by atoms with Crippen molar-refractivity contribution in [3.05, 3.63) is 52.1 Å². The molecule has 0 heterocycles. The van der Waals surface area contributed by atoms with Gasteiger partial charge in [0.2, 0.25) is 0 Å². The summed E-state index contributed by atoms with van der Waals surface area (Å²) in [5.41, 5.74) is 3.15. The van der Waals surface area contributed by atoms with Crippen molar-refractivity contribution >= 4 is 12.1 Å². The highest BCUT2D eigenvalue weighted by molar-refractivity contribution is 5.80. The molecule has 0 saturated carbocycles. The van der Waals surface area contributed by atoms with E-state index in [0.29, 0.717) is 11.5 Å². The second kappa shape index (κ2) is 20.7. The minimum Gasteiger partial charge on any atom is -0.507 e. The Labute approximate surface area is 237 Å². The summed E-state index contributed by atoms with van der Waals surface area (Å²) in [5.74, 6) is 0.381. The maximum absolute atomic E-state index is 12.0. The summed E-state index contributed by atoms with van der Waals surface area (Å²) in [6, 6.07) is 6.09. The number of aromatic hydroxyl groups is 1. The molecule has 1 unspecified atom stereocenters. The Morgan fingerprint density at radius 2 is 1.21 bits per heavy atom. The van der Waals surface area contributed by atoms with Gasteiger partial charge in [0.25, 0.3) is 0 Å². The quantitative estimate of drug-likeness (QED) is 0.332. The van der Waals surface area contributed by atoms with Crippen LogP contribution in [0.5, 0.6) is 17.2 Å². The number of aliphatic carboxylic acids is 1. The van der Waals surface area contributed by atoms with Crippen LogP contribution in [0.1, 0.15) is 104 Å². The molecule has 0 fully saturated rings. The summed E-state index contributed by atoms with van der Waals surface area (Å²) < 4.78 is 11.2. The largest absolute Gasteiger partial charge is 0.507 e. The molecule has 7 heteroatoms. The molecule has 39 heavy (non-hydrogen) atoms. The maximum Gasteiger partial charge on any atom is 0.408 e. The molecular weight excluding hydrogens is 494 g/mol. The zero-order chi connectivity index (χ0) is 31.5. The Morgan fingerprint density at radius 1 is 0.795 bits per heavy atom. The van der Waals surface area contributed by atoms with Gasteiger partial charge < -0.3 is 25.0 Å². The molecule has 3 N–H and O–H groups in total. The van der Waals surface area contributed by atoms with Crippen LogP contribution in [-0.2, 0) is 16.0 Å². The van der Waals surface area contributed by atoms with E-state index >= 15 is 0 Å². The molecule has 2 rings (SSSR count). The highest BCUT2D eigenvalue weighted by Gasteiger charge is 2.25. The average Bonchev–Trinajstić information content (AvgIpc) is 2.88. The number of alkyl carbamates (subject to hydrolysis) is 1. The van der Waals surface area contributed by atoms with Gasteiger partial charge in [0.15, 0.2) is 0 Å². The molecule has 0 aliphatic heterocycles. The van der Waals surface area contributed by atoms with Crippen molar-refractivity contribution < 1.29 is 29.3 Å². The van der Waals surface area contributed by atoms with Gasteiger partial charge in [-0.05, 0) is 88.4 Å². The predicted molar refractivity (Wildman–Crippen MR) is 163 cm³/mol. The second-order valence-corrected chi connectivity index (χ2v) is 8.81. The highest BCUT2D eigenvalue weighted by Crippen LogP contribution is 2.34. The normalized spacial score (nSPS) is 10.3. The van der Waals surface area contributed by atoms with Crippen LogP contribution in [0.2, 0.25) is 0 Å². The van der Waals surface area contributed by atoms with Crippen molar-refractivity contribution in [1.29, 1.82) is 0 Å². The van der Waals surface area contributed by atoms with Gasteiger partial charge in [-0.25, -0.2) is 9.59 Å². The number of carboxylic acids is 1. The van der Waals surface area contributed by atoms with Crippen LogP contribution < -0.4 is 10.1 Å². The number of benzene rings is 2. The molecule has 2 aromatic carbocycles. The van der Waals surface area contributed by atoms with Crippen LogP contribution in [-0.4, -0.2) is 33.9 Å². The summed E-state index contributed by atoms with van der Waals surface area (Å²) in [7, 11) is 0. The molecule has 2 aromatic rings. The molecule has 0 saturated heterocycles. The van der Waals surface area contributed by atoms with E-state index < -0.39 is 23.7 Å². The van der Waals surface area contributed by atoms with Crippen molar-refractivity contribution in [2.24, 2.45) is 0 Å². The summed E-state index contributed by atoms with van der Waals surface area (Å²) in [5, 5.41) is 21.9. The SMILES string of the molecule is CC.CC.CC.CC.Cc1cc(Oc2c(C)cc(CC(NC(=O)OC(C)(C)C)C(=O)O)cc2C)cc(C)c1O. The lowest BCUT2D eigenvalue weighted by atomic mass is 10.00. The number of nitrogens with one attached hydrogen (secondary N) is 1. The number of hydrogen-bond acceptors (Lipinski definition) is 5. The average molecular weight is 550 g/mol. The lowest BCUT2D eigenvalue weighted by molar-refractivity contribution is -0.139. The number of aryl methyl sites for hydroxylation is 4. The van der Waals surface area contributed by atoms with Crippen LogP contribution in [0.15, 0.2) is 24.3 Å². The maximum atomic E-state index is 12.0. The number of carboxylic acid groups (broad SMARTS) is 1. The van der Waals surface area contributed by atoms with Crippen molar-refractivity contribution in [3.8, 4) is 17.2 Å². The molecule has 0 bridgehead atoms. The van der Waals surface area contributed by atoms with E-state index in [1.807, 2.05) is 95.2 Å². The summed E-state index contributed by atoms with van der Waals surface area (Å²) in [6.07, 6.45) is -0.667. The molecule has 0 aromatic heterocycles. The van der Waals surface area contributed by atoms with E-state index in [-0.39, 0.29) is 12.2 Å². The molecule has 7 nitrogen and oxygen atoms in total. The zero-order valence-corrected chi connectivity index (χ0v) is 27.1. The van der Waals surface area contributed by atoms with Gasteiger partial charge in [0, 0.05) is 6.42 Å². The molecule has 1 atom stereocenters. The molecular formula is C32H55NO6. The Hall–Kier alpha value is -3.22. The van der Waals surface area contributed by atoms with Crippen LogP contribution in [0.4, 0.5) is 4.79 Å². The Balaban J connectivity index is -0.00000148. The minimum atomic E-state index is -1.14. The van der Waals surface area contributed by atoms with Gasteiger partial charge in [-0.2, -0.15) is 0 Å². The third-order valence-corrected chi connectivity index (χ3v) is 4.63. The monoisotopic (exact) mass is 549 g/mol. The first-order valence-electron chi connectivity index (χ1n) is 14.1. The Morgan fingerprint density at radius 3 is 1.56 bits per heavy atom. The number of amides is 1. The molecule has 224 valence electrons. The first-order valence-corrected chi connectivity index (χ1v) is 14.1. The first-order chi connectivity index (χ1) is 18.3. The topological polar surface area (TPSA) is 105 Å². The highest BCUT2D eigenvalue weighted by atomic mass is 16.6. The molecule has 0 radical (unpaired) electrons. The number of hydrogen-bond donors (Lipinski definition) is 3. The van der Waals surface area contributed by atoms with Crippen LogP contribution in [0.25, 0.3) is 0 Å². The lowest BCUT2D eigenvalue weighted by Gasteiger charge is -2.22. The molecule has 0 spiro atoms. The third-order valence-electron chi connectivity index (χ3n) is 4.63. The minimum absolute atomic E-state index is 0.105. The van der Waals surface area contributed by atoms with Gasteiger partial charge in [-0.15, -0.1) is 0 Å². The summed E-state index contributed by atoms with van der Waals surface area (Å²) in [4.78, 5) is 23.7. The van der Waals surface area contributed by atoms with Gasteiger partial charge in [-0.1, -0.05) is 67.5 Å². The predicted octanol–water partition coefficient (Wildman–Crippen LogP) is 9.04. The van der Waals surface area contributed by atoms with Crippen LogP contribution >= 0.6 is 0 Å². The number of carbonyl (C=O) groups is 2. The van der Waals surface area contributed by atoms with Crippen molar-refractivity contribution in [1.82, 2.24) is 5.32 Å². The van der Waals surface area contributed by atoms with E-state index in [9.17, 15) is 19.8 Å². The van der Waals surface area contributed by atoms with Gasteiger partial charge in [0.05, 0.1) is 0 Å². The molecule has 1 amide bonds. The smallest absolute Gasteiger partial charge is 0.408 e. The van der Waals surface area contributed by atoms with E-state index in [0.717, 1.165) is 27.8 Å². The Kier molecular flexibility index (Phi) is 21.4. The fourth-order valence-electron chi connectivity index (χ4n) is 3.30. The number of ether oxygens (including phenoxy) is 2. The lowest BCUT2D eigenvalue weighted by Crippen LogP contribution is -2.44. The number of rotatable bonds is 6. The van der Waals surface area contributed by atoms with E-state index in [4.69, 9.17) is 9.47 Å². The van der Waals surface area contributed by atoms with Crippen molar-refractivity contribution in [2.75, 3.05) is 0 Å². The van der Waals surface area contributed by atoms with E-state index in [1.54, 1.807) is 32.9 Å². The third kappa shape index (κ3) is 15.1. The number of phenolic OH excluding ortho intramolecular Hbond substituents is 1. The van der Waals surface area contributed by atoms with Crippen molar-refractivity contribution in [2.45, 2.75) is 122 Å². The summed E-state index contributed by atoms with van der Waals surface area (Å²) >= 11 is 0. The fraction of sp³-hybridized carbons (Fsp3) is 0.562. The zero-order valence-electron chi connectivity index (χ0n) is 27.1. The standard InChI is InChI=1S/C24H31NO6.4C2H6/c1-13-10-18(11-14(2)20(13)26)30-21-15(3)8-17(9-16(21)4)12-19(22(27)28)25-23(29)31-24(5,6)7;4*1-2/h8-11,19,26H,12H2,1-7H3,(H,25,29)(H,27,28);4*1-2H3. The van der Waals surface area contributed by atoms with Gasteiger partial charge in [0.1, 0.15) is 28.9 Å². The van der Waals surface area contributed by atoms with E-state index in [2.05, 4.69) is 5.32 Å². The van der Waals surface area contributed by atoms with Crippen LogP contribution in [0, 0.1) is 27.7 Å². The fourth-order valence-corrected chi connectivity index (χ4v) is 3.30. The first kappa shape index (κ1) is 40.3. The van der Waals surface area contributed by atoms with Gasteiger partial charge in [-0.3, -0.25) is 0 Å². The number of phenols is 1. The summed E-state index contributed by atoms with van der Waals surface area (Å²) in [6.45, 7) is 28.5. The van der Waals surface area contributed by atoms with E-state index in [1.165, 1.54) is 0 Å². The number of carbonyl (C=O) groups excluding carboxylic acids is 1. The Bertz CT molecular complexity index is 947. The van der Waals surface area contributed by atoms with Gasteiger partial charge >= 0.3 is 12.1 Å². The molecule has 0 aliphatic rings. The second-order valence-electron chi connectivity index (χ2n) is 8.81. The molecule has 0 aliphatic carbocycles.